The predicted molar refractivity (Wildman–Crippen MR) is 85.5 cm³/mol. The molecule has 7 atom stereocenters. The Hall–Kier alpha value is 0. The molecule has 0 N–H and O–H groups in total. The van der Waals surface area contributed by atoms with Crippen LogP contribution in [0.3, 0.4) is 0 Å². The number of rotatable bonds is 3. The summed E-state index contributed by atoms with van der Waals surface area (Å²) in [5.74, 6) is 8.16. The van der Waals surface area contributed by atoms with E-state index in [0.717, 1.165) is 11.8 Å². The van der Waals surface area contributed by atoms with Crippen molar-refractivity contribution in [2.45, 2.75) is 84.0 Å². The molecule has 0 heterocycles. The smallest absolute Gasteiger partial charge is 0.0321 e. The lowest BCUT2D eigenvalue weighted by atomic mass is 9.59. The minimum Gasteiger partial charge on any atom is -0.0654 e. The summed E-state index contributed by atoms with van der Waals surface area (Å²) in [7, 11) is 0. The summed E-state index contributed by atoms with van der Waals surface area (Å²) in [4.78, 5) is 0. The minimum atomic E-state index is 1.12. The average molecular weight is 274 g/mol. The third-order valence-corrected chi connectivity index (χ3v) is 7.94. The summed E-state index contributed by atoms with van der Waals surface area (Å²) in [6.07, 6.45) is 18.8. The summed E-state index contributed by atoms with van der Waals surface area (Å²) in [5, 5.41) is 0. The fourth-order valence-electron chi connectivity index (χ4n) is 7.36. The summed E-state index contributed by atoms with van der Waals surface area (Å²) >= 11 is 0. The Bertz CT molecular complexity index is 319. The van der Waals surface area contributed by atoms with Crippen molar-refractivity contribution in [1.29, 1.82) is 0 Å². The fourth-order valence-corrected chi connectivity index (χ4v) is 7.36. The lowest BCUT2D eigenvalue weighted by molar-refractivity contribution is 0.0289. The summed E-state index contributed by atoms with van der Waals surface area (Å²) in [6.45, 7) is 2.37. The highest BCUT2D eigenvalue weighted by Gasteiger charge is 2.56. The molecule has 0 saturated heterocycles. The summed E-state index contributed by atoms with van der Waals surface area (Å²) in [6, 6.07) is 0. The molecule has 7 unspecified atom stereocenters. The molecule has 0 radical (unpaired) electrons. The van der Waals surface area contributed by atoms with Gasteiger partial charge in [-0.25, -0.2) is 0 Å². The van der Waals surface area contributed by atoms with Crippen molar-refractivity contribution in [3.8, 4) is 0 Å². The maximum atomic E-state index is 2.37. The Morgan fingerprint density at radius 1 is 0.650 bits per heavy atom. The molecule has 0 aromatic rings. The average Bonchev–Trinajstić information content (AvgIpc) is 2.83. The minimum absolute atomic E-state index is 1.12. The van der Waals surface area contributed by atoms with E-state index in [2.05, 4.69) is 6.92 Å². The Labute approximate surface area is 126 Å². The van der Waals surface area contributed by atoms with E-state index < -0.39 is 0 Å². The first-order valence-corrected chi connectivity index (χ1v) is 9.90. The molecule has 0 aliphatic heterocycles. The van der Waals surface area contributed by atoms with Crippen molar-refractivity contribution in [1.82, 2.24) is 0 Å². The number of hydrogen-bond donors (Lipinski definition) is 0. The van der Waals surface area contributed by atoms with Gasteiger partial charge in [-0.1, -0.05) is 45.4 Å². The van der Waals surface area contributed by atoms with E-state index in [0.29, 0.717) is 0 Å². The number of fused-ring (bicyclic) bond motifs is 3. The summed E-state index contributed by atoms with van der Waals surface area (Å²) < 4.78 is 0. The van der Waals surface area contributed by atoms with E-state index in [4.69, 9.17) is 0 Å². The zero-order chi connectivity index (χ0) is 13.5. The van der Waals surface area contributed by atoms with Crippen molar-refractivity contribution in [3.05, 3.63) is 0 Å². The van der Waals surface area contributed by atoms with Crippen LogP contribution in [0.5, 0.6) is 0 Å². The Balaban J connectivity index is 1.56. The first-order valence-electron chi connectivity index (χ1n) is 9.90. The molecular formula is C20H34. The van der Waals surface area contributed by atoms with Gasteiger partial charge in [-0.05, 0) is 80.0 Å². The van der Waals surface area contributed by atoms with Gasteiger partial charge >= 0.3 is 0 Å². The molecule has 0 bridgehead atoms. The van der Waals surface area contributed by atoms with E-state index in [1.54, 1.807) is 64.2 Å². The third-order valence-electron chi connectivity index (χ3n) is 7.94. The highest BCUT2D eigenvalue weighted by Crippen LogP contribution is 2.64. The van der Waals surface area contributed by atoms with Gasteiger partial charge in [-0.3, -0.25) is 0 Å². The van der Waals surface area contributed by atoms with Crippen molar-refractivity contribution in [2.24, 2.45) is 41.4 Å². The van der Waals surface area contributed by atoms with Crippen LogP contribution in [0.4, 0.5) is 0 Å². The van der Waals surface area contributed by atoms with Gasteiger partial charge in [0.2, 0.25) is 0 Å². The molecule has 0 aromatic heterocycles. The van der Waals surface area contributed by atoms with E-state index in [1.165, 1.54) is 42.4 Å². The zero-order valence-corrected chi connectivity index (χ0v) is 13.5. The van der Waals surface area contributed by atoms with E-state index >= 15 is 0 Å². The molecule has 4 aliphatic rings. The second-order valence-corrected chi connectivity index (χ2v) is 8.59. The lowest BCUT2D eigenvalue weighted by Gasteiger charge is -2.46. The molecule has 0 heteroatoms. The molecule has 4 saturated carbocycles. The van der Waals surface area contributed by atoms with Crippen LogP contribution in [0.1, 0.15) is 84.0 Å². The Kier molecular flexibility index (Phi) is 3.86. The first kappa shape index (κ1) is 13.6. The molecule has 4 fully saturated rings. The van der Waals surface area contributed by atoms with Crippen LogP contribution in [0, 0.1) is 41.4 Å². The molecule has 4 rings (SSSR count). The van der Waals surface area contributed by atoms with E-state index in [1.807, 2.05) is 0 Å². The van der Waals surface area contributed by atoms with Crippen LogP contribution in [0.2, 0.25) is 0 Å². The molecule has 0 aromatic carbocycles. The highest BCUT2D eigenvalue weighted by molar-refractivity contribution is 5.05. The monoisotopic (exact) mass is 274 g/mol. The normalized spacial score (nSPS) is 50.5. The van der Waals surface area contributed by atoms with Gasteiger partial charge in [0.1, 0.15) is 0 Å². The predicted octanol–water partition coefficient (Wildman–Crippen LogP) is 6.06. The molecule has 0 nitrogen and oxygen atoms in total. The van der Waals surface area contributed by atoms with Crippen LogP contribution >= 0.6 is 0 Å². The quantitative estimate of drug-likeness (QED) is 0.587. The fraction of sp³-hybridized carbons (Fsp3) is 1.00. The van der Waals surface area contributed by atoms with Crippen molar-refractivity contribution < 1.29 is 0 Å². The SMILES string of the molecule is CCCCC1CCC2C3CCCCC3C3CCCC1C32. The second kappa shape index (κ2) is 5.65. The van der Waals surface area contributed by atoms with Crippen LogP contribution in [0.15, 0.2) is 0 Å². The van der Waals surface area contributed by atoms with Crippen molar-refractivity contribution in [2.75, 3.05) is 0 Å². The van der Waals surface area contributed by atoms with Gasteiger partial charge in [-0.2, -0.15) is 0 Å². The van der Waals surface area contributed by atoms with Crippen molar-refractivity contribution in [3.63, 3.8) is 0 Å². The number of hydrogen-bond acceptors (Lipinski definition) is 0. The van der Waals surface area contributed by atoms with Crippen LogP contribution in [0.25, 0.3) is 0 Å². The van der Waals surface area contributed by atoms with Crippen LogP contribution < -0.4 is 0 Å². The van der Waals surface area contributed by atoms with E-state index in [-0.39, 0.29) is 0 Å². The largest absolute Gasteiger partial charge is 0.0654 e. The molecule has 114 valence electrons. The zero-order valence-electron chi connectivity index (χ0n) is 13.5. The molecule has 0 spiro atoms. The first-order chi connectivity index (χ1) is 9.90. The molecule has 0 amide bonds. The lowest BCUT2D eigenvalue weighted by Crippen LogP contribution is -2.38. The Morgan fingerprint density at radius 3 is 2.05 bits per heavy atom. The summed E-state index contributed by atoms with van der Waals surface area (Å²) in [5.41, 5.74) is 0. The van der Waals surface area contributed by atoms with Gasteiger partial charge < -0.3 is 0 Å². The topological polar surface area (TPSA) is 0 Å². The maximum Gasteiger partial charge on any atom is -0.0321 e. The highest BCUT2D eigenvalue weighted by atomic mass is 14.6. The molecule has 20 heavy (non-hydrogen) atoms. The Morgan fingerprint density at radius 2 is 1.30 bits per heavy atom. The maximum absolute atomic E-state index is 2.37. The van der Waals surface area contributed by atoms with Crippen LogP contribution in [-0.4, -0.2) is 0 Å². The van der Waals surface area contributed by atoms with Gasteiger partial charge in [-0.15, -0.1) is 0 Å². The molecular weight excluding hydrogens is 240 g/mol. The van der Waals surface area contributed by atoms with Crippen LogP contribution in [-0.2, 0) is 0 Å². The second-order valence-electron chi connectivity index (χ2n) is 8.59. The standard InChI is InChI=1S/C20H34/c1-2-3-7-14-12-13-19-17-9-5-4-8-16(17)18-11-6-10-15(14)20(18)19/h14-20H,2-13H2,1H3. The van der Waals surface area contributed by atoms with Crippen molar-refractivity contribution >= 4 is 0 Å². The van der Waals surface area contributed by atoms with E-state index in [9.17, 15) is 0 Å². The van der Waals surface area contributed by atoms with Gasteiger partial charge in [0, 0.05) is 0 Å². The van der Waals surface area contributed by atoms with Gasteiger partial charge in [0.15, 0.2) is 0 Å². The molecule has 4 aliphatic carbocycles. The van der Waals surface area contributed by atoms with Gasteiger partial charge in [0.25, 0.3) is 0 Å². The third kappa shape index (κ3) is 2.08. The van der Waals surface area contributed by atoms with Gasteiger partial charge in [0.05, 0.1) is 0 Å². The number of unbranched alkanes of at least 4 members (excludes halogenated alkanes) is 1.